The van der Waals surface area contributed by atoms with Crippen molar-refractivity contribution in [2.45, 2.75) is 24.7 Å². The molecule has 0 atom stereocenters. The quantitative estimate of drug-likeness (QED) is 0.475. The number of hydrogen-bond donors (Lipinski definition) is 2. The van der Waals surface area contributed by atoms with Crippen molar-refractivity contribution in [3.63, 3.8) is 0 Å². The number of thiophene rings is 1. The zero-order valence-corrected chi connectivity index (χ0v) is 12.3. The van der Waals surface area contributed by atoms with Gasteiger partial charge in [0.05, 0.1) is 15.5 Å². The number of carbonyl (C=O) groups excluding carboxylic acids is 1. The van der Waals surface area contributed by atoms with Gasteiger partial charge in [0.2, 0.25) is 0 Å². The van der Waals surface area contributed by atoms with Gasteiger partial charge in [0, 0.05) is 12.5 Å². The van der Waals surface area contributed by atoms with Gasteiger partial charge in [0.25, 0.3) is 0 Å². The van der Waals surface area contributed by atoms with Crippen LogP contribution in [0, 0.1) is 5.92 Å². The van der Waals surface area contributed by atoms with Crippen molar-refractivity contribution in [3.8, 4) is 0 Å². The molecule has 1 heterocycles. The molecule has 3 N–H and O–H groups in total. The first-order chi connectivity index (χ1) is 8.54. The monoisotopic (exact) mass is 282 g/mol. The lowest BCUT2D eigenvalue weighted by molar-refractivity contribution is 0.0972. The van der Waals surface area contributed by atoms with Crippen molar-refractivity contribution in [1.82, 2.24) is 0 Å². The number of rotatable bonds is 6. The van der Waals surface area contributed by atoms with Gasteiger partial charge in [-0.1, -0.05) is 12.2 Å². The van der Waals surface area contributed by atoms with Crippen molar-refractivity contribution < 1.29 is 4.79 Å². The topological polar surface area (TPSA) is 55.1 Å². The average molecular weight is 282 g/mol. The fourth-order valence-electron chi connectivity index (χ4n) is 1.69. The van der Waals surface area contributed by atoms with E-state index in [2.05, 4.69) is 11.9 Å². The van der Waals surface area contributed by atoms with Crippen LogP contribution in [0.3, 0.4) is 0 Å². The highest BCUT2D eigenvalue weighted by Gasteiger charge is 2.33. The van der Waals surface area contributed by atoms with Crippen LogP contribution in [0.4, 0.5) is 10.7 Å². The molecule has 1 aromatic heterocycles. The molecule has 1 aromatic rings. The first kappa shape index (κ1) is 13.5. The van der Waals surface area contributed by atoms with E-state index >= 15 is 0 Å². The van der Waals surface area contributed by atoms with Crippen LogP contribution in [0.15, 0.2) is 17.0 Å². The predicted octanol–water partition coefficient (Wildman–Crippen LogP) is 3.63. The summed E-state index contributed by atoms with van der Waals surface area (Å²) in [5, 5.41) is 4.30. The molecule has 0 amide bonds. The molecule has 0 aromatic carbocycles. The van der Waals surface area contributed by atoms with Crippen LogP contribution in [0.5, 0.6) is 0 Å². The van der Waals surface area contributed by atoms with Crippen LogP contribution in [0.1, 0.15) is 29.4 Å². The average Bonchev–Trinajstić information content (AvgIpc) is 3.11. The number of anilines is 2. The van der Waals surface area contributed by atoms with Gasteiger partial charge < -0.3 is 11.1 Å². The van der Waals surface area contributed by atoms with Gasteiger partial charge in [0.15, 0.2) is 5.78 Å². The van der Waals surface area contributed by atoms with Gasteiger partial charge in [-0.15, -0.1) is 23.1 Å². The molecule has 0 unspecified atom stereocenters. The van der Waals surface area contributed by atoms with Crippen LogP contribution in [0.25, 0.3) is 0 Å². The number of Topliss-reactive ketones (excluding diaryl/α,β-unsaturated/α-hetero) is 1. The lowest BCUT2D eigenvalue weighted by Crippen LogP contribution is -2.02. The molecule has 98 valence electrons. The van der Waals surface area contributed by atoms with E-state index in [4.69, 9.17) is 5.73 Å². The van der Waals surface area contributed by atoms with Gasteiger partial charge in [0.1, 0.15) is 5.00 Å². The van der Waals surface area contributed by atoms with E-state index in [9.17, 15) is 4.79 Å². The molecule has 2 rings (SSSR count). The number of thioether (sulfide) groups is 1. The largest absolute Gasteiger partial charge is 0.396 e. The molecule has 1 saturated carbocycles. The minimum Gasteiger partial charge on any atom is -0.396 e. The Labute approximate surface area is 116 Å². The van der Waals surface area contributed by atoms with E-state index in [1.807, 2.05) is 13.2 Å². The fourth-order valence-corrected chi connectivity index (χ4v) is 3.74. The second-order valence-electron chi connectivity index (χ2n) is 4.66. The number of nitrogens with two attached hydrogens (primary N) is 1. The number of hydrogen-bond acceptors (Lipinski definition) is 5. The fraction of sp³-hybridized carbons (Fsp3) is 0.462. The molecule has 0 saturated heterocycles. The lowest BCUT2D eigenvalue weighted by atomic mass is 10.2. The SMILES string of the molecule is C=C(C)CNc1sc(C(=O)C2CC2)c(N)c1SC. The van der Waals surface area contributed by atoms with Crippen LogP contribution in [-0.4, -0.2) is 18.6 Å². The summed E-state index contributed by atoms with van der Waals surface area (Å²) in [6.07, 6.45) is 4.01. The number of nitrogen functional groups attached to an aromatic ring is 1. The molecule has 1 aliphatic rings. The Morgan fingerprint density at radius 1 is 1.61 bits per heavy atom. The Morgan fingerprint density at radius 2 is 2.28 bits per heavy atom. The van der Waals surface area contributed by atoms with Crippen molar-refractivity contribution in [3.05, 3.63) is 17.0 Å². The molecule has 0 bridgehead atoms. The van der Waals surface area contributed by atoms with E-state index in [1.54, 1.807) is 11.8 Å². The highest BCUT2D eigenvalue weighted by Crippen LogP contribution is 2.45. The maximum Gasteiger partial charge on any atom is 0.178 e. The molecule has 0 aliphatic heterocycles. The Kier molecular flexibility index (Phi) is 4.02. The third-order valence-corrected chi connectivity index (χ3v) is 4.97. The van der Waals surface area contributed by atoms with Crippen molar-refractivity contribution in [1.29, 1.82) is 0 Å². The van der Waals surface area contributed by atoms with Crippen LogP contribution in [0.2, 0.25) is 0 Å². The smallest absolute Gasteiger partial charge is 0.178 e. The summed E-state index contributed by atoms with van der Waals surface area (Å²) in [5.74, 6) is 0.436. The number of carbonyl (C=O) groups is 1. The Bertz CT molecular complexity index is 489. The molecule has 0 spiro atoms. The second kappa shape index (κ2) is 5.36. The molecule has 0 radical (unpaired) electrons. The minimum atomic E-state index is 0.217. The van der Waals surface area contributed by atoms with Crippen LogP contribution < -0.4 is 11.1 Å². The van der Waals surface area contributed by atoms with Gasteiger partial charge in [-0.05, 0) is 26.0 Å². The molecular weight excluding hydrogens is 264 g/mol. The van der Waals surface area contributed by atoms with E-state index in [-0.39, 0.29) is 11.7 Å². The molecule has 18 heavy (non-hydrogen) atoms. The normalized spacial score (nSPS) is 14.6. The van der Waals surface area contributed by atoms with Gasteiger partial charge >= 0.3 is 0 Å². The summed E-state index contributed by atoms with van der Waals surface area (Å²) in [6, 6.07) is 0. The zero-order valence-electron chi connectivity index (χ0n) is 10.7. The first-order valence-electron chi connectivity index (χ1n) is 5.93. The van der Waals surface area contributed by atoms with Crippen molar-refractivity contribution in [2.24, 2.45) is 5.92 Å². The molecule has 3 nitrogen and oxygen atoms in total. The molecule has 5 heteroatoms. The summed E-state index contributed by atoms with van der Waals surface area (Å²) in [4.78, 5) is 13.8. The van der Waals surface area contributed by atoms with Gasteiger partial charge in [-0.25, -0.2) is 0 Å². The zero-order chi connectivity index (χ0) is 13.3. The highest BCUT2D eigenvalue weighted by atomic mass is 32.2. The maximum atomic E-state index is 12.1. The predicted molar refractivity (Wildman–Crippen MR) is 80.9 cm³/mol. The minimum absolute atomic E-state index is 0.217. The van der Waals surface area contributed by atoms with Crippen molar-refractivity contribution in [2.75, 3.05) is 23.9 Å². The summed E-state index contributed by atoms with van der Waals surface area (Å²) in [5.41, 5.74) is 7.80. The highest BCUT2D eigenvalue weighted by molar-refractivity contribution is 7.99. The van der Waals surface area contributed by atoms with Gasteiger partial charge in [-0.2, -0.15) is 0 Å². The summed E-state index contributed by atoms with van der Waals surface area (Å²) in [7, 11) is 0. The Morgan fingerprint density at radius 3 is 2.78 bits per heavy atom. The van der Waals surface area contributed by atoms with E-state index in [0.29, 0.717) is 12.2 Å². The van der Waals surface area contributed by atoms with E-state index in [1.165, 1.54) is 11.3 Å². The first-order valence-corrected chi connectivity index (χ1v) is 7.97. The maximum absolute atomic E-state index is 12.1. The number of ketones is 1. The van der Waals surface area contributed by atoms with Crippen LogP contribution in [-0.2, 0) is 0 Å². The van der Waals surface area contributed by atoms with Crippen molar-refractivity contribution >= 4 is 39.6 Å². The number of nitrogens with one attached hydrogen (secondary N) is 1. The van der Waals surface area contributed by atoms with Gasteiger partial charge in [-0.3, -0.25) is 4.79 Å². The second-order valence-corrected chi connectivity index (χ2v) is 6.49. The molecule has 1 fully saturated rings. The summed E-state index contributed by atoms with van der Waals surface area (Å²) in [6.45, 7) is 6.55. The Balaban J connectivity index is 2.25. The Hall–Kier alpha value is -0.940. The standard InChI is InChI=1S/C13H18N2OS2/c1-7(2)6-15-13-12(17-3)9(14)11(18-13)10(16)8-4-5-8/h8,15H,1,4-6,14H2,2-3H3. The third-order valence-electron chi connectivity index (χ3n) is 2.83. The molecular formula is C13H18N2OS2. The summed E-state index contributed by atoms with van der Waals surface area (Å²) < 4.78 is 0. The third kappa shape index (κ3) is 2.72. The lowest BCUT2D eigenvalue weighted by Gasteiger charge is -2.05. The summed E-state index contributed by atoms with van der Waals surface area (Å²) >= 11 is 3.07. The van der Waals surface area contributed by atoms with E-state index in [0.717, 1.165) is 33.2 Å². The van der Waals surface area contributed by atoms with Crippen LogP contribution >= 0.6 is 23.1 Å². The van der Waals surface area contributed by atoms with E-state index < -0.39 is 0 Å². The molecule has 1 aliphatic carbocycles.